The van der Waals surface area contributed by atoms with Crippen molar-refractivity contribution in [3.63, 3.8) is 0 Å². The number of anilines is 1. The fourth-order valence-electron chi connectivity index (χ4n) is 2.20. The van der Waals surface area contributed by atoms with Crippen molar-refractivity contribution in [1.82, 2.24) is 0 Å². The Bertz CT molecular complexity index is 681. The summed E-state index contributed by atoms with van der Waals surface area (Å²) in [6.45, 7) is 2.77. The first-order valence-electron chi connectivity index (χ1n) is 6.89. The van der Waals surface area contributed by atoms with Crippen molar-refractivity contribution in [2.45, 2.75) is 19.8 Å². The van der Waals surface area contributed by atoms with Crippen LogP contribution in [0.5, 0.6) is 5.75 Å². The summed E-state index contributed by atoms with van der Waals surface area (Å²) in [5.74, 6) is 1.18. The maximum absolute atomic E-state index is 11.9. The number of amidine groups is 1. The highest BCUT2D eigenvalue weighted by Crippen LogP contribution is 2.27. The van der Waals surface area contributed by atoms with Crippen LogP contribution in [0, 0.1) is 6.92 Å². The maximum atomic E-state index is 11.9. The van der Waals surface area contributed by atoms with Gasteiger partial charge >= 0.3 is 5.97 Å². The molecule has 0 radical (unpaired) electrons. The molecule has 1 aromatic carbocycles. The smallest absolute Gasteiger partial charge is 0.379 e. The van der Waals surface area contributed by atoms with E-state index in [1.165, 1.54) is 6.26 Å². The molecule has 22 heavy (non-hydrogen) atoms. The summed E-state index contributed by atoms with van der Waals surface area (Å²) < 4.78 is 10.4. The van der Waals surface area contributed by atoms with Gasteiger partial charge in [0.25, 0.3) is 0 Å². The third-order valence-corrected chi connectivity index (χ3v) is 3.36. The third-order valence-electron chi connectivity index (χ3n) is 3.36. The lowest BCUT2D eigenvalue weighted by Crippen LogP contribution is -2.12. The van der Waals surface area contributed by atoms with Gasteiger partial charge in [-0.25, -0.2) is 4.79 Å². The zero-order chi connectivity index (χ0) is 14.7. The van der Waals surface area contributed by atoms with Crippen molar-refractivity contribution >= 4 is 29.9 Å². The SMILES string of the molecule is Cc1c(NC2=NCCC2)cccc1OC(=O)c1ccco1.Cl. The molecule has 0 atom stereocenters. The molecule has 3 rings (SSSR count). The number of nitrogens with zero attached hydrogens (tertiary/aromatic N) is 1. The molecule has 1 aliphatic heterocycles. The molecule has 0 amide bonds. The van der Waals surface area contributed by atoms with Gasteiger partial charge in [0.2, 0.25) is 5.76 Å². The predicted octanol–water partition coefficient (Wildman–Crippen LogP) is 3.83. The quantitative estimate of drug-likeness (QED) is 0.689. The Hall–Kier alpha value is -2.27. The summed E-state index contributed by atoms with van der Waals surface area (Å²) in [7, 11) is 0. The van der Waals surface area contributed by atoms with Crippen LogP contribution < -0.4 is 10.1 Å². The number of nitrogens with one attached hydrogen (secondary N) is 1. The molecule has 116 valence electrons. The summed E-state index contributed by atoms with van der Waals surface area (Å²) in [5.41, 5.74) is 1.77. The van der Waals surface area contributed by atoms with E-state index in [9.17, 15) is 4.79 Å². The summed E-state index contributed by atoms with van der Waals surface area (Å²) in [6.07, 6.45) is 3.48. The van der Waals surface area contributed by atoms with Gasteiger partial charge in [0.05, 0.1) is 6.26 Å². The molecule has 0 aliphatic carbocycles. The number of furan rings is 1. The largest absolute Gasteiger partial charge is 0.457 e. The molecule has 0 bridgehead atoms. The number of hydrogen-bond acceptors (Lipinski definition) is 5. The van der Waals surface area contributed by atoms with Gasteiger partial charge in [-0.3, -0.25) is 4.99 Å². The van der Waals surface area contributed by atoms with Gasteiger partial charge in [-0.2, -0.15) is 0 Å². The van der Waals surface area contributed by atoms with Crippen molar-refractivity contribution in [2.75, 3.05) is 11.9 Å². The zero-order valence-electron chi connectivity index (χ0n) is 12.2. The summed E-state index contributed by atoms with van der Waals surface area (Å²) in [6, 6.07) is 8.78. The van der Waals surface area contributed by atoms with Crippen molar-refractivity contribution in [2.24, 2.45) is 4.99 Å². The van der Waals surface area contributed by atoms with Crippen LogP contribution in [-0.4, -0.2) is 18.3 Å². The van der Waals surface area contributed by atoms with Gasteiger partial charge in [-0.1, -0.05) is 6.07 Å². The van der Waals surface area contributed by atoms with Gasteiger partial charge in [-0.15, -0.1) is 12.4 Å². The van der Waals surface area contributed by atoms with Crippen LogP contribution in [0.15, 0.2) is 46.0 Å². The molecule has 2 aromatic rings. The Balaban J connectivity index is 0.00000176. The molecule has 1 N–H and O–H groups in total. The van der Waals surface area contributed by atoms with Gasteiger partial charge in [0.1, 0.15) is 11.6 Å². The van der Waals surface area contributed by atoms with E-state index in [2.05, 4.69) is 10.3 Å². The van der Waals surface area contributed by atoms with Crippen LogP contribution in [0.3, 0.4) is 0 Å². The minimum absolute atomic E-state index is 0. The fraction of sp³-hybridized carbons (Fsp3) is 0.250. The summed E-state index contributed by atoms with van der Waals surface area (Å²) in [4.78, 5) is 16.3. The molecular formula is C16H17ClN2O3. The van der Waals surface area contributed by atoms with Gasteiger partial charge in [0.15, 0.2) is 0 Å². The number of esters is 1. The minimum atomic E-state index is -0.501. The Morgan fingerprint density at radius 3 is 2.86 bits per heavy atom. The van der Waals surface area contributed by atoms with E-state index in [1.54, 1.807) is 18.2 Å². The zero-order valence-corrected chi connectivity index (χ0v) is 13.0. The number of benzene rings is 1. The standard InChI is InChI=1S/C16H16N2O3.ClH/c1-11-12(18-15-8-3-9-17-15)5-2-6-13(11)21-16(19)14-7-4-10-20-14;/h2,4-7,10H,3,8-9H2,1H3,(H,17,18);1H. The second-order valence-corrected chi connectivity index (χ2v) is 4.85. The van der Waals surface area contributed by atoms with Gasteiger partial charge in [-0.05, 0) is 37.6 Å². The molecule has 6 heteroatoms. The Kier molecular flexibility index (Phi) is 5.22. The number of rotatable bonds is 3. The molecule has 1 aromatic heterocycles. The van der Waals surface area contributed by atoms with Crippen LogP contribution in [0.2, 0.25) is 0 Å². The number of halogens is 1. The van der Waals surface area contributed by atoms with Crippen molar-refractivity contribution in [3.8, 4) is 5.75 Å². The maximum Gasteiger partial charge on any atom is 0.379 e. The topological polar surface area (TPSA) is 63.8 Å². The number of carbonyl (C=O) groups excluding carboxylic acids is 1. The van der Waals surface area contributed by atoms with Crippen LogP contribution in [0.1, 0.15) is 29.0 Å². The first-order chi connectivity index (χ1) is 10.2. The van der Waals surface area contributed by atoms with E-state index in [0.717, 1.165) is 36.5 Å². The second-order valence-electron chi connectivity index (χ2n) is 4.85. The van der Waals surface area contributed by atoms with Crippen LogP contribution in [-0.2, 0) is 0 Å². The highest BCUT2D eigenvalue weighted by atomic mass is 35.5. The lowest BCUT2D eigenvalue weighted by molar-refractivity contribution is 0.0700. The highest BCUT2D eigenvalue weighted by molar-refractivity contribution is 5.97. The predicted molar refractivity (Wildman–Crippen MR) is 87.3 cm³/mol. The molecule has 2 heterocycles. The van der Waals surface area contributed by atoms with Crippen LogP contribution >= 0.6 is 12.4 Å². The molecule has 5 nitrogen and oxygen atoms in total. The average molecular weight is 321 g/mol. The van der Waals surface area contributed by atoms with E-state index < -0.39 is 5.97 Å². The Morgan fingerprint density at radius 2 is 2.18 bits per heavy atom. The minimum Gasteiger partial charge on any atom is -0.457 e. The van der Waals surface area contributed by atoms with Crippen molar-refractivity contribution < 1.29 is 13.9 Å². The van der Waals surface area contributed by atoms with E-state index in [1.807, 2.05) is 19.1 Å². The third kappa shape index (κ3) is 3.49. The Labute approximate surface area is 134 Å². The summed E-state index contributed by atoms with van der Waals surface area (Å²) >= 11 is 0. The lowest BCUT2D eigenvalue weighted by Gasteiger charge is -2.12. The number of ether oxygens (including phenoxy) is 1. The van der Waals surface area contributed by atoms with E-state index in [4.69, 9.17) is 9.15 Å². The van der Waals surface area contributed by atoms with Crippen LogP contribution in [0.25, 0.3) is 0 Å². The van der Waals surface area contributed by atoms with E-state index in [0.29, 0.717) is 5.75 Å². The van der Waals surface area contributed by atoms with Gasteiger partial charge < -0.3 is 14.5 Å². The number of hydrogen-bond donors (Lipinski definition) is 1. The first-order valence-corrected chi connectivity index (χ1v) is 6.89. The molecular weight excluding hydrogens is 304 g/mol. The normalized spacial score (nSPS) is 13.2. The molecule has 0 fully saturated rings. The second kappa shape index (κ2) is 7.13. The molecule has 0 saturated carbocycles. The van der Waals surface area contributed by atoms with Crippen LogP contribution in [0.4, 0.5) is 5.69 Å². The highest BCUT2D eigenvalue weighted by Gasteiger charge is 2.15. The summed E-state index contributed by atoms with van der Waals surface area (Å²) in [5, 5.41) is 3.29. The lowest BCUT2D eigenvalue weighted by atomic mass is 10.1. The molecule has 0 unspecified atom stereocenters. The molecule has 1 aliphatic rings. The van der Waals surface area contributed by atoms with Crippen molar-refractivity contribution in [1.29, 1.82) is 0 Å². The van der Waals surface area contributed by atoms with Gasteiger partial charge in [0, 0.05) is 24.2 Å². The molecule has 0 saturated heterocycles. The number of carbonyl (C=O) groups is 1. The van der Waals surface area contributed by atoms with Crippen molar-refractivity contribution in [3.05, 3.63) is 47.9 Å². The first kappa shape index (κ1) is 16.1. The van der Waals surface area contributed by atoms with E-state index >= 15 is 0 Å². The number of aliphatic imine (C=N–C) groups is 1. The monoisotopic (exact) mass is 320 g/mol. The molecule has 0 spiro atoms. The average Bonchev–Trinajstić information content (AvgIpc) is 3.16. The Morgan fingerprint density at radius 1 is 1.32 bits per heavy atom. The fourth-order valence-corrected chi connectivity index (χ4v) is 2.20. The van der Waals surface area contributed by atoms with E-state index in [-0.39, 0.29) is 18.2 Å².